The highest BCUT2D eigenvalue weighted by Gasteiger charge is 2.18. The topological polar surface area (TPSA) is 59.5 Å². The normalized spacial score (nSPS) is 10.7. The summed E-state index contributed by atoms with van der Waals surface area (Å²) in [6.45, 7) is 8.29. The number of thiazole rings is 1. The molecule has 27 heavy (non-hydrogen) atoms. The van der Waals surface area contributed by atoms with Gasteiger partial charge in [0.25, 0.3) is 5.91 Å². The van der Waals surface area contributed by atoms with Crippen molar-refractivity contribution in [3.8, 4) is 9.88 Å². The van der Waals surface area contributed by atoms with Crippen LogP contribution in [-0.4, -0.2) is 41.5 Å². The molecule has 3 aromatic rings. The van der Waals surface area contributed by atoms with Gasteiger partial charge < -0.3 is 9.64 Å². The number of carbonyl (C=O) groups excluding carboxylic acids is 2. The van der Waals surface area contributed by atoms with E-state index >= 15 is 0 Å². The lowest BCUT2D eigenvalue weighted by Crippen LogP contribution is -2.35. The zero-order chi connectivity index (χ0) is 19.4. The average Bonchev–Trinajstić information content (AvgIpc) is 3.30. The molecule has 1 aromatic carbocycles. The van der Waals surface area contributed by atoms with Crippen LogP contribution in [0.25, 0.3) is 20.1 Å². The molecule has 0 saturated heterocycles. The second kappa shape index (κ2) is 8.45. The number of hydrogen-bond acceptors (Lipinski definition) is 6. The van der Waals surface area contributed by atoms with Crippen molar-refractivity contribution >= 4 is 44.8 Å². The van der Waals surface area contributed by atoms with Crippen LogP contribution in [0.5, 0.6) is 0 Å². The molecule has 0 spiro atoms. The minimum absolute atomic E-state index is 0.225. The number of likely N-dealkylation sites (N-methyl/N-ethyl adjacent to an activating group) is 1. The van der Waals surface area contributed by atoms with E-state index in [9.17, 15) is 9.59 Å². The van der Waals surface area contributed by atoms with Crippen molar-refractivity contribution in [3.05, 3.63) is 53.4 Å². The van der Waals surface area contributed by atoms with E-state index < -0.39 is 5.97 Å². The monoisotopic (exact) mass is 400 g/mol. The molecule has 1 amide bonds. The van der Waals surface area contributed by atoms with Gasteiger partial charge in [0.1, 0.15) is 9.88 Å². The van der Waals surface area contributed by atoms with Gasteiger partial charge >= 0.3 is 5.97 Å². The summed E-state index contributed by atoms with van der Waals surface area (Å²) in [4.78, 5) is 32.0. The van der Waals surface area contributed by atoms with E-state index in [1.54, 1.807) is 22.3 Å². The Morgan fingerprint density at radius 3 is 2.67 bits per heavy atom. The van der Waals surface area contributed by atoms with Crippen LogP contribution >= 0.6 is 22.7 Å². The van der Waals surface area contributed by atoms with E-state index in [4.69, 9.17) is 4.74 Å². The second-order valence-electron chi connectivity index (χ2n) is 6.09. The first-order chi connectivity index (χ1) is 13.0. The predicted molar refractivity (Wildman–Crippen MR) is 110 cm³/mol. The van der Waals surface area contributed by atoms with Gasteiger partial charge in [0, 0.05) is 13.1 Å². The molecule has 3 rings (SSSR count). The van der Waals surface area contributed by atoms with E-state index in [0.29, 0.717) is 18.0 Å². The first-order valence-electron chi connectivity index (χ1n) is 8.53. The molecule has 0 atom stereocenters. The zero-order valence-electron chi connectivity index (χ0n) is 15.2. The third-order valence-electron chi connectivity index (χ3n) is 3.83. The van der Waals surface area contributed by atoms with Crippen LogP contribution in [0.15, 0.2) is 48.6 Å². The summed E-state index contributed by atoms with van der Waals surface area (Å²) in [5.74, 6) is -0.719. The number of fused-ring (bicyclic) bond motifs is 1. The van der Waals surface area contributed by atoms with Crippen LogP contribution in [0.2, 0.25) is 0 Å². The van der Waals surface area contributed by atoms with Crippen molar-refractivity contribution in [2.75, 3.05) is 19.7 Å². The Balaban J connectivity index is 1.64. The number of benzene rings is 1. The summed E-state index contributed by atoms with van der Waals surface area (Å²) in [6.07, 6.45) is 0. The number of para-hydroxylation sites is 1. The van der Waals surface area contributed by atoms with Gasteiger partial charge in [0.15, 0.2) is 6.61 Å². The molecule has 0 fully saturated rings. The Morgan fingerprint density at radius 2 is 1.96 bits per heavy atom. The van der Waals surface area contributed by atoms with Crippen molar-refractivity contribution in [1.82, 2.24) is 9.88 Å². The van der Waals surface area contributed by atoms with Gasteiger partial charge in [-0.15, -0.1) is 22.7 Å². The molecule has 0 unspecified atom stereocenters. The lowest BCUT2D eigenvalue weighted by atomic mass is 10.3. The number of nitrogens with zero attached hydrogens (tertiary/aromatic N) is 2. The summed E-state index contributed by atoms with van der Waals surface area (Å²) >= 11 is 2.90. The third-order valence-corrected chi connectivity index (χ3v) is 6.10. The van der Waals surface area contributed by atoms with Crippen LogP contribution < -0.4 is 0 Å². The number of rotatable bonds is 7. The van der Waals surface area contributed by atoms with Crippen molar-refractivity contribution < 1.29 is 14.3 Å². The minimum atomic E-state index is -0.493. The molecular weight excluding hydrogens is 380 g/mol. The van der Waals surface area contributed by atoms with E-state index in [-0.39, 0.29) is 12.5 Å². The Hall–Kier alpha value is -2.51. The van der Waals surface area contributed by atoms with Gasteiger partial charge in [-0.05, 0) is 38.1 Å². The van der Waals surface area contributed by atoms with Gasteiger partial charge in [-0.2, -0.15) is 0 Å². The smallest absolute Gasteiger partial charge is 0.348 e. The molecule has 0 aliphatic heterocycles. The van der Waals surface area contributed by atoms with Gasteiger partial charge in [0.05, 0.1) is 15.1 Å². The van der Waals surface area contributed by atoms with Crippen molar-refractivity contribution in [3.63, 3.8) is 0 Å². The maximum Gasteiger partial charge on any atom is 0.348 e. The number of hydrogen-bond donors (Lipinski definition) is 0. The minimum Gasteiger partial charge on any atom is -0.451 e. The maximum atomic E-state index is 12.3. The zero-order valence-corrected chi connectivity index (χ0v) is 16.9. The third kappa shape index (κ3) is 4.61. The van der Waals surface area contributed by atoms with Gasteiger partial charge in [-0.1, -0.05) is 24.3 Å². The van der Waals surface area contributed by atoms with E-state index in [0.717, 1.165) is 25.7 Å². The van der Waals surface area contributed by atoms with Crippen molar-refractivity contribution in [2.45, 2.75) is 13.8 Å². The molecule has 0 saturated carbocycles. The highest BCUT2D eigenvalue weighted by Crippen LogP contribution is 2.34. The van der Waals surface area contributed by atoms with Gasteiger partial charge in [0.2, 0.25) is 0 Å². The highest BCUT2D eigenvalue weighted by atomic mass is 32.1. The molecule has 0 radical (unpaired) electrons. The Morgan fingerprint density at radius 1 is 1.19 bits per heavy atom. The van der Waals surface area contributed by atoms with Crippen LogP contribution in [0.1, 0.15) is 23.5 Å². The van der Waals surface area contributed by atoms with E-state index in [2.05, 4.69) is 11.6 Å². The summed E-state index contributed by atoms with van der Waals surface area (Å²) < 4.78 is 6.30. The van der Waals surface area contributed by atoms with E-state index in [1.165, 1.54) is 11.3 Å². The molecule has 2 heterocycles. The molecule has 5 nitrogen and oxygen atoms in total. The number of carbonyl (C=O) groups is 2. The molecular formula is C20H20N2O3S2. The Labute approximate surface area is 165 Å². The summed E-state index contributed by atoms with van der Waals surface area (Å²) in [6, 6.07) is 11.5. The van der Waals surface area contributed by atoms with Crippen LogP contribution in [-0.2, 0) is 9.53 Å². The number of esters is 1. The van der Waals surface area contributed by atoms with Gasteiger partial charge in [-0.25, -0.2) is 9.78 Å². The van der Waals surface area contributed by atoms with Crippen LogP contribution in [0.3, 0.4) is 0 Å². The number of thiophene rings is 1. The largest absolute Gasteiger partial charge is 0.451 e. The van der Waals surface area contributed by atoms with E-state index in [1.807, 2.05) is 44.2 Å². The lowest BCUT2D eigenvalue weighted by molar-refractivity contribution is -0.133. The molecule has 7 heteroatoms. The molecule has 0 N–H and O–H groups in total. The predicted octanol–water partition coefficient (Wildman–Crippen LogP) is 4.61. The van der Waals surface area contributed by atoms with Crippen LogP contribution in [0.4, 0.5) is 0 Å². The Kier molecular flexibility index (Phi) is 6.03. The number of amides is 1. The summed E-state index contributed by atoms with van der Waals surface area (Å²) in [7, 11) is 0. The highest BCUT2D eigenvalue weighted by molar-refractivity contribution is 7.26. The SMILES string of the molecule is C=C(C)CN(CC)C(=O)COC(=O)c1ccc(-c2nc3ccccc3s2)s1. The fourth-order valence-corrected chi connectivity index (χ4v) is 4.45. The lowest BCUT2D eigenvalue weighted by Gasteiger charge is -2.20. The molecule has 0 aliphatic carbocycles. The molecule has 0 aliphatic rings. The fourth-order valence-electron chi connectivity index (χ4n) is 2.53. The molecule has 2 aromatic heterocycles. The quantitative estimate of drug-likeness (QED) is 0.429. The second-order valence-corrected chi connectivity index (χ2v) is 8.21. The fraction of sp³-hybridized carbons (Fsp3) is 0.250. The first-order valence-corrected chi connectivity index (χ1v) is 10.2. The molecule has 0 bridgehead atoms. The van der Waals surface area contributed by atoms with Crippen LogP contribution in [0, 0.1) is 0 Å². The maximum absolute atomic E-state index is 12.3. The number of ether oxygens (including phenoxy) is 1. The average molecular weight is 401 g/mol. The van der Waals surface area contributed by atoms with Crippen molar-refractivity contribution in [1.29, 1.82) is 0 Å². The first kappa shape index (κ1) is 19.3. The number of aromatic nitrogens is 1. The van der Waals surface area contributed by atoms with Gasteiger partial charge in [-0.3, -0.25) is 4.79 Å². The molecule has 140 valence electrons. The summed E-state index contributed by atoms with van der Waals surface area (Å²) in [5, 5.41) is 0.870. The van der Waals surface area contributed by atoms with Crippen molar-refractivity contribution in [2.24, 2.45) is 0 Å². The standard InChI is InChI=1S/C20H20N2O3S2/c1-4-22(11-13(2)3)18(23)12-25-20(24)17-10-9-16(26-17)19-21-14-7-5-6-8-15(14)27-19/h5-10H,2,4,11-12H2,1,3H3. The Bertz CT molecular complexity index is 957. The summed E-state index contributed by atoms with van der Waals surface area (Å²) in [5.41, 5.74) is 1.83.